The number of carbonyl (C=O) groups excluding carboxylic acids is 1. The predicted octanol–water partition coefficient (Wildman–Crippen LogP) is 5.84. The molecule has 0 aromatic heterocycles. The first kappa shape index (κ1) is 16.6. The molecule has 0 aliphatic heterocycles. The van der Waals surface area contributed by atoms with Crippen molar-refractivity contribution in [2.24, 2.45) is 0 Å². The molecule has 4 heteroatoms. The number of benzene rings is 3. The molecule has 120 valence electrons. The van der Waals surface area contributed by atoms with Crippen LogP contribution < -0.4 is 5.32 Å². The zero-order valence-electron chi connectivity index (χ0n) is 12.8. The van der Waals surface area contributed by atoms with E-state index in [1.54, 1.807) is 18.2 Å². The Hall–Kier alpha value is -2.29. The Labute approximate surface area is 151 Å². The van der Waals surface area contributed by atoms with Gasteiger partial charge in [0.2, 0.25) is 0 Å². The lowest BCUT2D eigenvalue weighted by Gasteiger charge is -2.11. The van der Waals surface area contributed by atoms with Gasteiger partial charge in [0, 0.05) is 10.6 Å². The van der Waals surface area contributed by atoms with Gasteiger partial charge < -0.3 is 5.32 Å². The molecular weight excluding hydrogens is 341 g/mol. The number of rotatable bonds is 4. The van der Waals surface area contributed by atoms with E-state index >= 15 is 0 Å². The number of nitrogens with one attached hydrogen (secondary N) is 1. The SMILES string of the molecule is O=C(Nc1cc(Cl)ccc1Cl)c1ccccc1Cc1ccccc1. The van der Waals surface area contributed by atoms with Crippen molar-refractivity contribution >= 4 is 34.8 Å². The summed E-state index contributed by atoms with van der Waals surface area (Å²) in [5, 5.41) is 3.81. The maximum atomic E-state index is 12.7. The van der Waals surface area contributed by atoms with Gasteiger partial charge in [0.15, 0.2) is 0 Å². The predicted molar refractivity (Wildman–Crippen MR) is 100 cm³/mol. The molecule has 24 heavy (non-hydrogen) atoms. The van der Waals surface area contributed by atoms with E-state index in [4.69, 9.17) is 23.2 Å². The van der Waals surface area contributed by atoms with Crippen LogP contribution in [0.5, 0.6) is 0 Å². The van der Waals surface area contributed by atoms with Crippen LogP contribution in [0.2, 0.25) is 10.0 Å². The molecule has 0 fully saturated rings. The summed E-state index contributed by atoms with van der Waals surface area (Å²) in [5.41, 5.74) is 3.24. The molecule has 0 atom stereocenters. The average Bonchev–Trinajstić information content (AvgIpc) is 2.59. The number of carbonyl (C=O) groups is 1. The summed E-state index contributed by atoms with van der Waals surface area (Å²) in [5.74, 6) is -0.203. The number of hydrogen-bond donors (Lipinski definition) is 1. The Morgan fingerprint density at radius 3 is 2.38 bits per heavy atom. The molecule has 0 heterocycles. The van der Waals surface area contributed by atoms with Crippen LogP contribution in [0, 0.1) is 0 Å². The number of anilines is 1. The van der Waals surface area contributed by atoms with Crippen LogP contribution >= 0.6 is 23.2 Å². The van der Waals surface area contributed by atoms with E-state index in [0.717, 1.165) is 11.1 Å². The highest BCUT2D eigenvalue weighted by atomic mass is 35.5. The molecule has 3 aromatic rings. The van der Waals surface area contributed by atoms with Crippen LogP contribution in [0.25, 0.3) is 0 Å². The molecule has 1 N–H and O–H groups in total. The summed E-state index contributed by atoms with van der Waals surface area (Å²) >= 11 is 12.1. The quantitative estimate of drug-likeness (QED) is 0.625. The van der Waals surface area contributed by atoms with E-state index in [1.165, 1.54) is 0 Å². The van der Waals surface area contributed by atoms with Crippen molar-refractivity contribution in [1.82, 2.24) is 0 Å². The van der Waals surface area contributed by atoms with Gasteiger partial charge in [-0.25, -0.2) is 0 Å². The summed E-state index contributed by atoms with van der Waals surface area (Å²) < 4.78 is 0. The lowest BCUT2D eigenvalue weighted by molar-refractivity contribution is 0.102. The summed E-state index contributed by atoms with van der Waals surface area (Å²) in [6.45, 7) is 0. The molecule has 3 aromatic carbocycles. The van der Waals surface area contributed by atoms with Crippen molar-refractivity contribution in [2.75, 3.05) is 5.32 Å². The maximum Gasteiger partial charge on any atom is 0.255 e. The lowest BCUT2D eigenvalue weighted by Crippen LogP contribution is -2.14. The van der Waals surface area contributed by atoms with Gasteiger partial charge in [0.05, 0.1) is 10.7 Å². The monoisotopic (exact) mass is 355 g/mol. The van der Waals surface area contributed by atoms with E-state index in [1.807, 2.05) is 54.6 Å². The first-order chi connectivity index (χ1) is 11.6. The van der Waals surface area contributed by atoms with E-state index in [9.17, 15) is 4.79 Å². The number of hydrogen-bond acceptors (Lipinski definition) is 1. The van der Waals surface area contributed by atoms with Crippen LogP contribution in [0.3, 0.4) is 0 Å². The average molecular weight is 356 g/mol. The molecule has 0 bridgehead atoms. The Kier molecular flexibility index (Phi) is 5.19. The van der Waals surface area contributed by atoms with Crippen LogP contribution in [-0.2, 0) is 6.42 Å². The zero-order chi connectivity index (χ0) is 16.9. The third-order valence-electron chi connectivity index (χ3n) is 3.68. The molecule has 2 nitrogen and oxygen atoms in total. The fourth-order valence-electron chi connectivity index (χ4n) is 2.49. The Morgan fingerprint density at radius 1 is 0.875 bits per heavy atom. The molecular formula is C20H15Cl2NO. The van der Waals surface area contributed by atoms with E-state index in [0.29, 0.717) is 27.7 Å². The molecule has 0 aliphatic rings. The highest BCUT2D eigenvalue weighted by Crippen LogP contribution is 2.26. The highest BCUT2D eigenvalue weighted by Gasteiger charge is 2.13. The van der Waals surface area contributed by atoms with Crippen LogP contribution in [-0.4, -0.2) is 5.91 Å². The van der Waals surface area contributed by atoms with Gasteiger partial charge in [-0.05, 0) is 41.8 Å². The van der Waals surface area contributed by atoms with Crippen molar-refractivity contribution in [3.8, 4) is 0 Å². The fraction of sp³-hybridized carbons (Fsp3) is 0.0500. The second-order valence-electron chi connectivity index (χ2n) is 5.40. The van der Waals surface area contributed by atoms with Crippen LogP contribution in [0.4, 0.5) is 5.69 Å². The first-order valence-electron chi connectivity index (χ1n) is 7.52. The Balaban J connectivity index is 1.86. The van der Waals surface area contributed by atoms with Gasteiger partial charge in [0.25, 0.3) is 5.91 Å². The molecule has 0 saturated carbocycles. The van der Waals surface area contributed by atoms with Crippen molar-refractivity contribution in [3.05, 3.63) is 99.5 Å². The van der Waals surface area contributed by atoms with Gasteiger partial charge in [-0.2, -0.15) is 0 Å². The minimum absolute atomic E-state index is 0.203. The molecule has 0 spiro atoms. The summed E-state index contributed by atoms with van der Waals surface area (Å²) in [6, 6.07) is 22.6. The van der Waals surface area contributed by atoms with E-state index < -0.39 is 0 Å². The largest absolute Gasteiger partial charge is 0.321 e. The van der Waals surface area contributed by atoms with Crippen LogP contribution in [0.15, 0.2) is 72.8 Å². The van der Waals surface area contributed by atoms with Gasteiger partial charge >= 0.3 is 0 Å². The first-order valence-corrected chi connectivity index (χ1v) is 8.27. The van der Waals surface area contributed by atoms with E-state index in [2.05, 4.69) is 5.32 Å². The molecule has 0 aliphatic carbocycles. The molecule has 0 unspecified atom stereocenters. The van der Waals surface area contributed by atoms with Crippen LogP contribution in [0.1, 0.15) is 21.5 Å². The van der Waals surface area contributed by atoms with Gasteiger partial charge in [-0.15, -0.1) is 0 Å². The standard InChI is InChI=1S/C20H15Cl2NO/c21-16-10-11-18(22)19(13-16)23-20(24)17-9-5-4-8-15(17)12-14-6-2-1-3-7-14/h1-11,13H,12H2,(H,23,24). The Morgan fingerprint density at radius 2 is 1.58 bits per heavy atom. The van der Waals surface area contributed by atoms with E-state index in [-0.39, 0.29) is 5.91 Å². The van der Waals surface area contributed by atoms with Crippen molar-refractivity contribution in [1.29, 1.82) is 0 Å². The minimum atomic E-state index is -0.203. The molecule has 3 rings (SSSR count). The van der Waals surface area contributed by atoms with Gasteiger partial charge in [-0.1, -0.05) is 71.7 Å². The maximum absolute atomic E-state index is 12.7. The minimum Gasteiger partial charge on any atom is -0.321 e. The number of amides is 1. The smallest absolute Gasteiger partial charge is 0.255 e. The second kappa shape index (κ2) is 7.52. The Bertz CT molecular complexity index is 863. The topological polar surface area (TPSA) is 29.1 Å². The van der Waals surface area contributed by atoms with Gasteiger partial charge in [0.1, 0.15) is 0 Å². The lowest BCUT2D eigenvalue weighted by atomic mass is 9.99. The third-order valence-corrected chi connectivity index (χ3v) is 4.24. The zero-order valence-corrected chi connectivity index (χ0v) is 14.3. The molecule has 0 radical (unpaired) electrons. The highest BCUT2D eigenvalue weighted by molar-refractivity contribution is 6.35. The second-order valence-corrected chi connectivity index (χ2v) is 6.24. The normalized spacial score (nSPS) is 10.4. The fourth-order valence-corrected chi connectivity index (χ4v) is 2.83. The summed E-state index contributed by atoms with van der Waals surface area (Å²) in [6.07, 6.45) is 0.688. The van der Waals surface area contributed by atoms with Crippen molar-refractivity contribution in [2.45, 2.75) is 6.42 Å². The molecule has 1 amide bonds. The summed E-state index contributed by atoms with van der Waals surface area (Å²) in [7, 11) is 0. The number of halogens is 2. The van der Waals surface area contributed by atoms with Crippen molar-refractivity contribution in [3.63, 3.8) is 0 Å². The summed E-state index contributed by atoms with van der Waals surface area (Å²) in [4.78, 5) is 12.7. The third kappa shape index (κ3) is 3.97. The van der Waals surface area contributed by atoms with Crippen molar-refractivity contribution < 1.29 is 4.79 Å². The van der Waals surface area contributed by atoms with Gasteiger partial charge in [-0.3, -0.25) is 4.79 Å². The molecule has 0 saturated heterocycles.